The van der Waals surface area contributed by atoms with Gasteiger partial charge in [-0.3, -0.25) is 4.98 Å². The molecule has 0 atom stereocenters. The first-order valence-electron chi connectivity index (χ1n) is 25.3. The van der Waals surface area contributed by atoms with Crippen LogP contribution in [0.5, 0.6) is 0 Å². The van der Waals surface area contributed by atoms with Gasteiger partial charge >= 0.3 is 0 Å². The Morgan fingerprint density at radius 1 is 0.375 bits per heavy atom. The number of pyridine rings is 1. The smallest absolute Gasteiger partial charge is 0.145 e. The lowest BCUT2D eigenvalue weighted by molar-refractivity contribution is 0.600. The van der Waals surface area contributed by atoms with Crippen molar-refractivity contribution in [3.8, 4) is 55.8 Å². The predicted octanol–water partition coefficient (Wildman–Crippen LogP) is 18.6. The van der Waals surface area contributed by atoms with Crippen molar-refractivity contribution in [2.24, 2.45) is 0 Å². The molecule has 3 aliphatic rings. The van der Waals surface area contributed by atoms with Gasteiger partial charge in [-0.05, 0) is 139 Å². The first-order valence-corrected chi connectivity index (χ1v) is 25.3. The Balaban J connectivity index is 0.950. The summed E-state index contributed by atoms with van der Waals surface area (Å²) in [5.41, 5.74) is 25.9. The fraction of sp³-hybridized carbons (Fsp3) is 0.132. The number of furan rings is 2. The van der Waals surface area contributed by atoms with Gasteiger partial charge in [-0.2, -0.15) is 0 Å². The van der Waals surface area contributed by atoms with Crippen molar-refractivity contribution in [3.05, 3.63) is 228 Å². The zero-order chi connectivity index (χ0) is 48.4. The fourth-order valence-electron chi connectivity index (χ4n) is 13.5. The van der Waals surface area contributed by atoms with E-state index in [-0.39, 0.29) is 16.2 Å². The second-order valence-corrected chi connectivity index (χ2v) is 21.8. The van der Waals surface area contributed by atoms with Crippen LogP contribution in [0.2, 0.25) is 0 Å². The Bertz CT molecular complexity index is 4280. The third kappa shape index (κ3) is 5.39. The van der Waals surface area contributed by atoms with Crippen LogP contribution in [0, 0.1) is 0 Å². The van der Waals surface area contributed by atoms with Gasteiger partial charge in [0.25, 0.3) is 0 Å². The van der Waals surface area contributed by atoms with Crippen LogP contribution in [0.1, 0.15) is 74.9 Å². The van der Waals surface area contributed by atoms with E-state index in [1.807, 2.05) is 12.3 Å². The highest BCUT2D eigenvalue weighted by atomic mass is 16.3. The van der Waals surface area contributed by atoms with Crippen molar-refractivity contribution in [3.63, 3.8) is 0 Å². The van der Waals surface area contributed by atoms with Crippen LogP contribution >= 0.6 is 0 Å². The Labute approximate surface area is 418 Å². The summed E-state index contributed by atoms with van der Waals surface area (Å²) in [5, 5.41) is 4.66. The number of hydrogen-bond donors (Lipinski definition) is 0. The van der Waals surface area contributed by atoms with Gasteiger partial charge < -0.3 is 13.7 Å². The second kappa shape index (κ2) is 14.3. The van der Waals surface area contributed by atoms with Gasteiger partial charge in [0.2, 0.25) is 0 Å². The molecule has 4 nitrogen and oxygen atoms in total. The minimum atomic E-state index is -0.355. The number of anilines is 3. The van der Waals surface area contributed by atoms with E-state index in [0.717, 1.165) is 61.4 Å². The standard InChI is InChI=1S/C68H50N2O2/c1-66(2)51-36-42(31-33-45(51)57-53(66)38-49(54-24-16-17-35-69-54)64-59(57)47-21-11-14-25-55(47)71-64)70(41-29-27-40(28-30-41)39-18-8-7-9-19-39)43-32-34-46-52(37-43)68(5,6)63-61(46)65-60(48-22-12-15-26-56(48)72-65)58-44-20-10-13-23-50(44)67(3,4)62(58)63/h7-38H,1-6H3. The molecule has 0 bridgehead atoms. The molecule has 72 heavy (non-hydrogen) atoms. The van der Waals surface area contributed by atoms with Gasteiger partial charge in [-0.1, -0.05) is 163 Å². The molecule has 0 radical (unpaired) electrons. The van der Waals surface area contributed by atoms with Crippen molar-refractivity contribution < 1.29 is 8.83 Å². The van der Waals surface area contributed by atoms with Crippen molar-refractivity contribution in [1.82, 2.24) is 4.98 Å². The molecular formula is C68H50N2O2. The van der Waals surface area contributed by atoms with Gasteiger partial charge in [0.15, 0.2) is 0 Å². The zero-order valence-electron chi connectivity index (χ0n) is 41.2. The first-order chi connectivity index (χ1) is 35.0. The van der Waals surface area contributed by atoms with E-state index in [1.54, 1.807) is 0 Å². The van der Waals surface area contributed by atoms with Crippen molar-refractivity contribution in [2.45, 2.75) is 57.8 Å². The van der Waals surface area contributed by atoms with E-state index in [9.17, 15) is 0 Å². The Kier molecular flexibility index (Phi) is 8.23. The molecule has 3 aliphatic carbocycles. The lowest BCUT2D eigenvalue weighted by Crippen LogP contribution is -2.24. The summed E-state index contributed by atoms with van der Waals surface area (Å²) in [6.45, 7) is 14.5. The molecule has 0 aliphatic heterocycles. The monoisotopic (exact) mass is 926 g/mol. The maximum Gasteiger partial charge on any atom is 0.145 e. The minimum Gasteiger partial charge on any atom is -0.455 e. The summed E-state index contributed by atoms with van der Waals surface area (Å²) in [6, 6.07) is 68.6. The van der Waals surface area contributed by atoms with Crippen LogP contribution < -0.4 is 4.90 Å². The second-order valence-electron chi connectivity index (χ2n) is 21.8. The quantitative estimate of drug-likeness (QED) is 0.172. The molecule has 12 aromatic rings. The highest BCUT2D eigenvalue weighted by Crippen LogP contribution is 2.64. The summed E-state index contributed by atoms with van der Waals surface area (Å²) in [7, 11) is 0. The minimum absolute atomic E-state index is 0.223. The zero-order valence-corrected chi connectivity index (χ0v) is 41.2. The molecule has 9 aromatic carbocycles. The summed E-state index contributed by atoms with van der Waals surface area (Å²) in [6.07, 6.45) is 1.87. The van der Waals surface area contributed by atoms with Gasteiger partial charge in [0.05, 0.1) is 5.69 Å². The molecule has 0 spiro atoms. The molecule has 0 unspecified atom stereocenters. The number of nitrogens with zero attached hydrogens (tertiary/aromatic N) is 2. The molecule has 0 fully saturated rings. The summed E-state index contributed by atoms with van der Waals surface area (Å²) in [5.74, 6) is 0. The van der Waals surface area contributed by atoms with E-state index in [4.69, 9.17) is 13.8 Å². The molecule has 3 aromatic heterocycles. The lowest BCUT2D eigenvalue weighted by Gasteiger charge is -2.32. The highest BCUT2D eigenvalue weighted by molar-refractivity contribution is 6.21. The van der Waals surface area contributed by atoms with Crippen molar-refractivity contribution in [2.75, 3.05) is 4.90 Å². The van der Waals surface area contributed by atoms with E-state index >= 15 is 0 Å². The molecule has 0 N–H and O–H groups in total. The van der Waals surface area contributed by atoms with Crippen LogP contribution in [0.3, 0.4) is 0 Å². The molecule has 0 saturated heterocycles. The third-order valence-corrected chi connectivity index (χ3v) is 16.8. The van der Waals surface area contributed by atoms with Crippen LogP contribution in [-0.4, -0.2) is 4.98 Å². The van der Waals surface area contributed by atoms with Crippen LogP contribution in [0.25, 0.3) is 99.6 Å². The van der Waals surface area contributed by atoms with Gasteiger partial charge in [-0.25, -0.2) is 0 Å². The molecule has 15 rings (SSSR count). The Morgan fingerprint density at radius 3 is 1.60 bits per heavy atom. The summed E-state index contributed by atoms with van der Waals surface area (Å²) < 4.78 is 13.8. The highest BCUT2D eigenvalue weighted by Gasteiger charge is 2.49. The van der Waals surface area contributed by atoms with Crippen molar-refractivity contribution >= 4 is 60.9 Å². The molecule has 344 valence electrons. The maximum atomic E-state index is 7.06. The summed E-state index contributed by atoms with van der Waals surface area (Å²) >= 11 is 0. The number of hydrogen-bond acceptors (Lipinski definition) is 4. The van der Waals surface area contributed by atoms with Crippen LogP contribution in [-0.2, 0) is 16.2 Å². The number of rotatable bonds is 5. The average Bonchev–Trinajstić information content (AvgIpc) is 4.17. The summed E-state index contributed by atoms with van der Waals surface area (Å²) in [4.78, 5) is 7.32. The SMILES string of the molecule is CC1(C)c2cc(N(c3ccc(-c4ccccc4)cc3)c3ccc4c(c3)C(C)(C)c3c5c(c6c(oc7ccccc76)c3-4)-c3ccccc3C5(C)C)ccc2-c2c1cc(-c1ccccn1)c1oc3ccccc3c21. The first kappa shape index (κ1) is 41.3. The van der Waals surface area contributed by atoms with Crippen LogP contribution in [0.15, 0.2) is 203 Å². The van der Waals surface area contributed by atoms with E-state index in [2.05, 4.69) is 228 Å². The average molecular weight is 927 g/mol. The van der Waals surface area contributed by atoms with Gasteiger partial charge in [0.1, 0.15) is 22.3 Å². The van der Waals surface area contributed by atoms with E-state index in [0.29, 0.717) is 0 Å². The fourth-order valence-corrected chi connectivity index (χ4v) is 13.5. The molecule has 3 heterocycles. The molecular weight excluding hydrogens is 877 g/mol. The van der Waals surface area contributed by atoms with E-state index in [1.165, 1.54) is 88.7 Å². The predicted molar refractivity (Wildman–Crippen MR) is 297 cm³/mol. The molecule has 4 heteroatoms. The van der Waals surface area contributed by atoms with Crippen molar-refractivity contribution in [1.29, 1.82) is 0 Å². The van der Waals surface area contributed by atoms with Gasteiger partial charge in [0, 0.05) is 72.2 Å². The van der Waals surface area contributed by atoms with Gasteiger partial charge in [-0.15, -0.1) is 0 Å². The normalized spacial score (nSPS) is 15.1. The lowest BCUT2D eigenvalue weighted by atomic mass is 9.72. The number of fused-ring (bicyclic) bond motifs is 19. The molecule has 0 amide bonds. The number of benzene rings is 9. The largest absolute Gasteiger partial charge is 0.455 e. The number of aromatic nitrogens is 1. The topological polar surface area (TPSA) is 42.4 Å². The Hall–Kier alpha value is -8.47. The Morgan fingerprint density at radius 2 is 0.903 bits per heavy atom. The van der Waals surface area contributed by atoms with E-state index < -0.39 is 0 Å². The molecule has 0 saturated carbocycles. The maximum absolute atomic E-state index is 7.06. The third-order valence-electron chi connectivity index (χ3n) is 16.8. The van der Waals surface area contributed by atoms with Crippen LogP contribution in [0.4, 0.5) is 17.1 Å². The number of para-hydroxylation sites is 2.